The third-order valence-electron chi connectivity index (χ3n) is 1.72. The summed E-state index contributed by atoms with van der Waals surface area (Å²) in [6, 6.07) is 9.14. The summed E-state index contributed by atoms with van der Waals surface area (Å²) in [5.41, 5.74) is 1.12. The average Bonchev–Trinajstić information content (AvgIpc) is 2.48. The zero-order valence-corrected chi connectivity index (χ0v) is 7.80. The molecular formula is C9H7LiN2O2. The molecule has 1 aromatic heterocycles. The van der Waals surface area contributed by atoms with Crippen molar-refractivity contribution in [2.45, 2.75) is 0 Å². The van der Waals surface area contributed by atoms with E-state index in [1.165, 1.54) is 4.68 Å². The van der Waals surface area contributed by atoms with Crippen LogP contribution >= 0.6 is 0 Å². The predicted molar refractivity (Wildman–Crippen MR) is 42.3 cm³/mol. The minimum absolute atomic E-state index is 0. The van der Waals surface area contributed by atoms with Gasteiger partial charge in [-0.15, -0.1) is 0 Å². The van der Waals surface area contributed by atoms with Crippen LogP contribution in [0.1, 0.15) is 0 Å². The zero-order chi connectivity index (χ0) is 9.26. The summed E-state index contributed by atoms with van der Waals surface area (Å²) in [5, 5.41) is 14.6. The number of hydrogen-bond acceptors (Lipinski definition) is 3. The van der Waals surface area contributed by atoms with E-state index in [1.807, 2.05) is 18.2 Å². The summed E-state index contributed by atoms with van der Waals surface area (Å²) < 4.78 is 5.62. The molecule has 14 heavy (non-hydrogen) atoms. The molecule has 2 rings (SSSR count). The molecule has 0 aliphatic rings. The van der Waals surface area contributed by atoms with Crippen LogP contribution in [-0.2, 0) is 0 Å². The van der Waals surface area contributed by atoms with Crippen LogP contribution in [0.25, 0.3) is 11.3 Å². The Morgan fingerprint density at radius 1 is 1.29 bits per heavy atom. The van der Waals surface area contributed by atoms with Gasteiger partial charge in [-0.3, -0.25) is 0 Å². The maximum absolute atomic E-state index is 11.2. The number of hydrogen-bond donors (Lipinski definition) is 0. The van der Waals surface area contributed by atoms with E-state index in [4.69, 9.17) is 0 Å². The van der Waals surface area contributed by atoms with Crippen LogP contribution in [0.4, 0.5) is 0 Å². The summed E-state index contributed by atoms with van der Waals surface area (Å²) in [4.78, 5) is 0. The fourth-order valence-electron chi connectivity index (χ4n) is 1.14. The number of benzene rings is 1. The van der Waals surface area contributed by atoms with Crippen LogP contribution in [0.15, 0.2) is 34.9 Å². The third kappa shape index (κ3) is 1.76. The Morgan fingerprint density at radius 3 is 2.43 bits per heavy atom. The smallest absolute Gasteiger partial charge is 0.558 e. The molecule has 0 amide bonds. The van der Waals surface area contributed by atoms with E-state index in [1.54, 1.807) is 12.1 Å². The molecule has 0 unspecified atom stereocenters. The summed E-state index contributed by atoms with van der Waals surface area (Å²) in [6.45, 7) is 0. The molecule has 66 valence electrons. The second-order valence-electron chi connectivity index (χ2n) is 2.57. The Balaban J connectivity index is 0.000000980. The van der Waals surface area contributed by atoms with Gasteiger partial charge in [-0.05, 0) is 5.56 Å². The van der Waals surface area contributed by atoms with Gasteiger partial charge < -0.3 is 9.63 Å². The topological polar surface area (TPSA) is 53.0 Å². The van der Waals surface area contributed by atoms with Gasteiger partial charge in [0.1, 0.15) is 5.69 Å². The van der Waals surface area contributed by atoms with Crippen LogP contribution in [-0.4, -0.2) is 5.27 Å². The molecule has 5 heteroatoms. The largest absolute Gasteiger partial charge is 1.00 e. The first kappa shape index (κ1) is 10.7. The number of rotatable bonds is 1. The fourth-order valence-corrected chi connectivity index (χ4v) is 1.14. The maximum atomic E-state index is 11.2. The molecule has 0 fully saturated rings. The molecule has 0 bridgehead atoms. The van der Waals surface area contributed by atoms with Gasteiger partial charge in [0.2, 0.25) is 0 Å². The van der Waals surface area contributed by atoms with Crippen molar-refractivity contribution in [1.29, 1.82) is 0 Å². The molecule has 0 saturated carbocycles. The fraction of sp³-hybridized carbons (Fsp3) is 0. The van der Waals surface area contributed by atoms with E-state index in [9.17, 15) is 5.11 Å². The van der Waals surface area contributed by atoms with E-state index in [-0.39, 0.29) is 18.9 Å². The monoisotopic (exact) mass is 182 g/mol. The van der Waals surface area contributed by atoms with Gasteiger partial charge in [0.15, 0.2) is 0 Å². The zero-order valence-electron chi connectivity index (χ0n) is 7.80. The van der Waals surface area contributed by atoms with E-state index >= 15 is 0 Å². The quantitative estimate of drug-likeness (QED) is 0.275. The Morgan fingerprint density at radius 2 is 1.93 bits per heavy atom. The van der Waals surface area contributed by atoms with Crippen molar-refractivity contribution in [3.05, 3.63) is 37.4 Å². The molecule has 0 saturated heterocycles. The van der Waals surface area contributed by atoms with E-state index in [0.29, 0.717) is 5.69 Å². The van der Waals surface area contributed by atoms with Crippen molar-refractivity contribution >= 4 is 0 Å². The molecule has 1 heterocycles. The Kier molecular flexibility index (Phi) is 3.23. The van der Waals surface area contributed by atoms with Crippen LogP contribution in [0, 0.1) is 7.05 Å². The first-order valence-electron chi connectivity index (χ1n) is 3.74. The molecule has 0 atom stereocenters. The molecule has 0 aliphatic carbocycles. The van der Waals surface area contributed by atoms with Crippen molar-refractivity contribution in [1.82, 2.24) is 5.27 Å². The maximum Gasteiger partial charge on any atom is 1.00 e. The SMILES string of the molecule is [CH2-][n+]1noc([O-])c1-c1ccccc1.[Li+]. The second-order valence-corrected chi connectivity index (χ2v) is 2.57. The molecule has 1 aromatic carbocycles. The van der Waals surface area contributed by atoms with Crippen molar-refractivity contribution < 1.29 is 33.2 Å². The standard InChI is InChI=1S/C9H8N2O2.Li/c1-11-8(9(12)13-10-11)7-5-3-2-4-6-7;/h2-6,12H,1H2;/q;+1/p-1. The van der Waals surface area contributed by atoms with Crippen LogP contribution in [0.3, 0.4) is 0 Å². The molecule has 4 nitrogen and oxygen atoms in total. The summed E-state index contributed by atoms with van der Waals surface area (Å²) in [6.07, 6.45) is 0. The van der Waals surface area contributed by atoms with Crippen molar-refractivity contribution in [3.8, 4) is 17.2 Å². The van der Waals surface area contributed by atoms with Crippen LogP contribution in [0.5, 0.6) is 5.95 Å². The van der Waals surface area contributed by atoms with Crippen molar-refractivity contribution in [3.63, 3.8) is 0 Å². The summed E-state index contributed by atoms with van der Waals surface area (Å²) in [5.74, 6) is -0.471. The average molecular weight is 182 g/mol. The first-order chi connectivity index (χ1) is 6.29. The molecule has 2 aromatic rings. The van der Waals surface area contributed by atoms with Gasteiger partial charge in [0, 0.05) is 12.3 Å². The minimum Gasteiger partial charge on any atom is -0.558 e. The van der Waals surface area contributed by atoms with Crippen molar-refractivity contribution in [2.75, 3.05) is 0 Å². The van der Waals surface area contributed by atoms with Gasteiger partial charge in [0.05, 0.1) is 5.95 Å². The van der Waals surface area contributed by atoms with Gasteiger partial charge in [-0.25, -0.2) is 4.68 Å². The van der Waals surface area contributed by atoms with Gasteiger partial charge in [0.25, 0.3) is 0 Å². The van der Waals surface area contributed by atoms with E-state index in [0.717, 1.165) is 5.56 Å². The Bertz CT molecular complexity index is 395. The van der Waals surface area contributed by atoms with E-state index < -0.39 is 5.95 Å². The molecule has 0 radical (unpaired) electrons. The van der Waals surface area contributed by atoms with Crippen LogP contribution in [0.2, 0.25) is 0 Å². The van der Waals surface area contributed by atoms with Crippen molar-refractivity contribution in [2.24, 2.45) is 0 Å². The predicted octanol–water partition coefficient (Wildman–Crippen LogP) is -2.65. The van der Waals surface area contributed by atoms with Gasteiger partial charge in [-0.1, -0.05) is 30.3 Å². The number of aromatic nitrogens is 2. The Labute approximate surface area is 93.3 Å². The minimum atomic E-state index is -0.471. The van der Waals surface area contributed by atoms with E-state index in [2.05, 4.69) is 16.8 Å². The molecule has 0 spiro atoms. The van der Waals surface area contributed by atoms with Crippen LogP contribution < -0.4 is 28.6 Å². The van der Waals surface area contributed by atoms with Gasteiger partial charge in [-0.2, -0.15) is 0 Å². The Hall–Kier alpha value is -1.37. The molecule has 0 N–H and O–H groups in total. The number of nitrogens with zero attached hydrogens (tertiary/aromatic N) is 2. The third-order valence-corrected chi connectivity index (χ3v) is 1.72. The first-order valence-corrected chi connectivity index (χ1v) is 3.74. The second kappa shape index (κ2) is 4.23. The summed E-state index contributed by atoms with van der Waals surface area (Å²) >= 11 is 0. The summed E-state index contributed by atoms with van der Waals surface area (Å²) in [7, 11) is 3.53. The molecular weight excluding hydrogens is 175 g/mol. The van der Waals surface area contributed by atoms with Gasteiger partial charge >= 0.3 is 18.9 Å². The molecule has 0 aliphatic heterocycles. The normalized spacial score (nSPS) is 9.43.